The van der Waals surface area contributed by atoms with Crippen molar-refractivity contribution in [2.75, 3.05) is 5.75 Å². The van der Waals surface area contributed by atoms with Gasteiger partial charge in [0.1, 0.15) is 16.9 Å². The molecule has 0 bridgehead atoms. The van der Waals surface area contributed by atoms with E-state index in [1.165, 1.54) is 30.3 Å². The number of esters is 1. The molecule has 0 amide bonds. The molecule has 4 rings (SSSR count). The number of benzene rings is 2. The summed E-state index contributed by atoms with van der Waals surface area (Å²) in [5.41, 5.74) is 1.53. The van der Waals surface area contributed by atoms with E-state index in [2.05, 4.69) is 9.97 Å². The molecule has 0 aliphatic heterocycles. The minimum atomic E-state index is -0.352. The summed E-state index contributed by atoms with van der Waals surface area (Å²) in [7, 11) is 0. The van der Waals surface area contributed by atoms with Gasteiger partial charge < -0.3 is 4.74 Å². The van der Waals surface area contributed by atoms with Gasteiger partial charge in [-0.2, -0.15) is 0 Å². The number of carbonyl (C=O) groups excluding carboxylic acids is 1. The molecular weight excluding hydrogens is 375 g/mol. The van der Waals surface area contributed by atoms with E-state index in [1.807, 2.05) is 30.3 Å². The maximum atomic E-state index is 13.8. The molecule has 1 saturated carbocycles. The lowest BCUT2D eigenvalue weighted by Crippen LogP contribution is -2.21. The molecule has 0 radical (unpaired) electrons. The van der Waals surface area contributed by atoms with Crippen molar-refractivity contribution in [3.63, 3.8) is 0 Å². The average Bonchev–Trinajstić information content (AvgIpc) is 2.73. The van der Waals surface area contributed by atoms with Gasteiger partial charge >= 0.3 is 5.97 Å². The topological polar surface area (TPSA) is 52.1 Å². The maximum absolute atomic E-state index is 13.8. The van der Waals surface area contributed by atoms with Crippen LogP contribution in [-0.2, 0) is 9.53 Å². The van der Waals surface area contributed by atoms with Crippen LogP contribution in [0.25, 0.3) is 22.3 Å². The first-order valence-electron chi connectivity index (χ1n) is 9.54. The van der Waals surface area contributed by atoms with Crippen molar-refractivity contribution in [1.29, 1.82) is 0 Å². The van der Waals surface area contributed by atoms with Crippen LogP contribution in [0.5, 0.6) is 0 Å². The number of hydrogen-bond acceptors (Lipinski definition) is 5. The molecule has 0 unspecified atom stereocenters. The van der Waals surface area contributed by atoms with Crippen LogP contribution < -0.4 is 0 Å². The van der Waals surface area contributed by atoms with Crippen LogP contribution in [0.15, 0.2) is 53.6 Å². The van der Waals surface area contributed by atoms with Crippen molar-refractivity contribution in [3.8, 4) is 11.4 Å². The second-order valence-electron chi connectivity index (χ2n) is 6.92. The second-order valence-corrected chi connectivity index (χ2v) is 7.88. The molecular formula is C22H21FN2O2S. The SMILES string of the molecule is O=C(CSc1nc(-c2ccccc2)nc2ccc(F)cc12)OC1CCCCC1. The quantitative estimate of drug-likeness (QED) is 0.328. The molecule has 6 heteroatoms. The molecule has 3 aromatic rings. The van der Waals surface area contributed by atoms with E-state index in [1.54, 1.807) is 6.07 Å². The number of hydrogen-bond donors (Lipinski definition) is 0. The highest BCUT2D eigenvalue weighted by Gasteiger charge is 2.19. The number of nitrogens with zero attached hydrogens (tertiary/aromatic N) is 2. The Morgan fingerprint density at radius 2 is 1.86 bits per heavy atom. The number of aromatic nitrogens is 2. The molecule has 144 valence electrons. The summed E-state index contributed by atoms with van der Waals surface area (Å²) in [6, 6.07) is 14.1. The summed E-state index contributed by atoms with van der Waals surface area (Å²) in [6.45, 7) is 0. The first-order chi connectivity index (χ1) is 13.7. The average molecular weight is 396 g/mol. The van der Waals surface area contributed by atoms with Gasteiger partial charge in [0.05, 0.1) is 11.3 Å². The monoisotopic (exact) mass is 396 g/mol. The molecule has 0 spiro atoms. The zero-order valence-electron chi connectivity index (χ0n) is 15.4. The van der Waals surface area contributed by atoms with Crippen LogP contribution >= 0.6 is 11.8 Å². The van der Waals surface area contributed by atoms with Gasteiger partial charge in [-0.05, 0) is 43.9 Å². The fraction of sp³-hybridized carbons (Fsp3) is 0.318. The third kappa shape index (κ3) is 4.50. The van der Waals surface area contributed by atoms with Crippen molar-refractivity contribution in [1.82, 2.24) is 9.97 Å². The number of halogens is 1. The summed E-state index contributed by atoms with van der Waals surface area (Å²) in [6.07, 6.45) is 5.35. The molecule has 1 heterocycles. The Hall–Kier alpha value is -2.47. The fourth-order valence-corrected chi connectivity index (χ4v) is 4.22. The van der Waals surface area contributed by atoms with E-state index in [4.69, 9.17) is 4.74 Å². The Labute approximate surface area is 167 Å². The number of ether oxygens (including phenoxy) is 1. The van der Waals surface area contributed by atoms with Crippen LogP contribution in [0.1, 0.15) is 32.1 Å². The Morgan fingerprint density at radius 3 is 2.64 bits per heavy atom. The van der Waals surface area contributed by atoms with Gasteiger partial charge in [-0.1, -0.05) is 48.5 Å². The number of thioether (sulfide) groups is 1. The van der Waals surface area contributed by atoms with Gasteiger partial charge in [0, 0.05) is 10.9 Å². The van der Waals surface area contributed by atoms with Gasteiger partial charge in [-0.3, -0.25) is 4.79 Å². The number of fused-ring (bicyclic) bond motifs is 1. The van der Waals surface area contributed by atoms with Crippen LogP contribution in [0.2, 0.25) is 0 Å². The van der Waals surface area contributed by atoms with E-state index in [0.717, 1.165) is 31.2 Å². The summed E-state index contributed by atoms with van der Waals surface area (Å²) >= 11 is 1.27. The van der Waals surface area contributed by atoms with Gasteiger partial charge in [-0.25, -0.2) is 14.4 Å². The minimum Gasteiger partial charge on any atom is -0.462 e. The fourth-order valence-electron chi connectivity index (χ4n) is 3.43. The number of carbonyl (C=O) groups is 1. The van der Waals surface area contributed by atoms with Gasteiger partial charge in [0.15, 0.2) is 5.82 Å². The third-order valence-corrected chi connectivity index (χ3v) is 5.80. The highest BCUT2D eigenvalue weighted by Crippen LogP contribution is 2.29. The molecule has 1 aromatic heterocycles. The molecule has 0 saturated heterocycles. The lowest BCUT2D eigenvalue weighted by Gasteiger charge is -2.21. The highest BCUT2D eigenvalue weighted by atomic mass is 32.2. The first-order valence-corrected chi connectivity index (χ1v) is 10.5. The van der Waals surface area contributed by atoms with E-state index in [0.29, 0.717) is 21.8 Å². The van der Waals surface area contributed by atoms with Crippen LogP contribution in [0.3, 0.4) is 0 Å². The molecule has 0 N–H and O–H groups in total. The molecule has 1 aliphatic rings. The summed E-state index contributed by atoms with van der Waals surface area (Å²) in [5, 5.41) is 1.19. The maximum Gasteiger partial charge on any atom is 0.316 e. The minimum absolute atomic E-state index is 0.0290. The third-order valence-electron chi connectivity index (χ3n) is 4.83. The van der Waals surface area contributed by atoms with Crippen molar-refractivity contribution in [3.05, 3.63) is 54.3 Å². The smallest absolute Gasteiger partial charge is 0.316 e. The van der Waals surface area contributed by atoms with Gasteiger partial charge in [-0.15, -0.1) is 0 Å². The number of rotatable bonds is 5. The molecule has 1 aliphatic carbocycles. The van der Waals surface area contributed by atoms with Crippen molar-refractivity contribution in [2.24, 2.45) is 0 Å². The summed E-state index contributed by atoms with van der Waals surface area (Å²) < 4.78 is 19.4. The Morgan fingerprint density at radius 1 is 1.07 bits per heavy atom. The molecule has 2 aromatic carbocycles. The lowest BCUT2D eigenvalue weighted by atomic mass is 9.98. The molecule has 1 fully saturated rings. The molecule has 4 nitrogen and oxygen atoms in total. The Bertz CT molecular complexity index is 975. The molecule has 28 heavy (non-hydrogen) atoms. The summed E-state index contributed by atoms with van der Waals surface area (Å²) in [4.78, 5) is 21.5. The lowest BCUT2D eigenvalue weighted by molar-refractivity contribution is -0.147. The van der Waals surface area contributed by atoms with E-state index < -0.39 is 0 Å². The van der Waals surface area contributed by atoms with Crippen LogP contribution in [-0.4, -0.2) is 27.8 Å². The van der Waals surface area contributed by atoms with Crippen molar-refractivity contribution >= 4 is 28.6 Å². The van der Waals surface area contributed by atoms with Gasteiger partial charge in [0.2, 0.25) is 0 Å². The second kappa shape index (κ2) is 8.69. The predicted molar refractivity (Wildman–Crippen MR) is 109 cm³/mol. The standard InChI is InChI=1S/C22H21FN2O2S/c23-16-11-12-19-18(13-16)22(25-21(24-19)15-7-3-1-4-8-15)28-14-20(26)27-17-9-5-2-6-10-17/h1,3-4,7-8,11-13,17H,2,5-6,9-10,14H2. The summed E-state index contributed by atoms with van der Waals surface area (Å²) in [5.74, 6) is 0.104. The van der Waals surface area contributed by atoms with Crippen LogP contribution in [0, 0.1) is 5.82 Å². The van der Waals surface area contributed by atoms with Crippen molar-refractivity contribution < 1.29 is 13.9 Å². The normalized spacial score (nSPS) is 14.9. The van der Waals surface area contributed by atoms with E-state index >= 15 is 0 Å². The predicted octanol–water partition coefficient (Wildman–Crippen LogP) is 5.40. The Kier molecular flexibility index (Phi) is 5.86. The zero-order chi connectivity index (χ0) is 19.3. The Balaban J connectivity index is 1.57. The van der Waals surface area contributed by atoms with Gasteiger partial charge in [0.25, 0.3) is 0 Å². The van der Waals surface area contributed by atoms with E-state index in [-0.39, 0.29) is 23.6 Å². The zero-order valence-corrected chi connectivity index (χ0v) is 16.3. The largest absolute Gasteiger partial charge is 0.462 e. The van der Waals surface area contributed by atoms with E-state index in [9.17, 15) is 9.18 Å². The molecule has 0 atom stereocenters. The van der Waals surface area contributed by atoms with Crippen LogP contribution in [0.4, 0.5) is 4.39 Å². The van der Waals surface area contributed by atoms with Crippen molar-refractivity contribution in [2.45, 2.75) is 43.2 Å². The highest BCUT2D eigenvalue weighted by molar-refractivity contribution is 8.00. The first kappa shape index (κ1) is 18.9.